The van der Waals surface area contributed by atoms with Crippen LogP contribution in [-0.2, 0) is 25.7 Å². The molecule has 0 fully saturated rings. The van der Waals surface area contributed by atoms with Crippen LogP contribution in [-0.4, -0.2) is 34.3 Å². The zero-order chi connectivity index (χ0) is 13.1. The number of sulfone groups is 1. The van der Waals surface area contributed by atoms with Crippen molar-refractivity contribution in [2.24, 2.45) is 5.73 Å². The number of halogens is 3. The average molecular weight is 287 g/mol. The van der Waals surface area contributed by atoms with Crippen LogP contribution >= 0.6 is 0 Å². The molecule has 1 atom stereocenters. The summed E-state index contributed by atoms with van der Waals surface area (Å²) in [5, 5.41) is -0.495. The fourth-order valence-electron chi connectivity index (χ4n) is 0.544. The number of hydrogen-bond acceptors (Lipinski definition) is 5. The van der Waals surface area contributed by atoms with E-state index in [0.717, 1.165) is 0 Å². The molecule has 1 amide bonds. The summed E-state index contributed by atoms with van der Waals surface area (Å²) in [4.78, 5) is 10.5. The summed E-state index contributed by atoms with van der Waals surface area (Å²) >= 11 is -2.93. The molecule has 0 aromatic heterocycles. The van der Waals surface area contributed by atoms with E-state index in [2.05, 4.69) is 5.73 Å². The minimum Gasteiger partial charge on any atom is -0.772 e. The summed E-state index contributed by atoms with van der Waals surface area (Å²) in [7, 11) is -5.72. The Morgan fingerprint density at radius 2 is 1.82 bits per heavy atom. The van der Waals surface area contributed by atoms with Gasteiger partial charge in [-0.3, -0.25) is 9.00 Å². The molecule has 94 valence electrons. The standard InChI is InChI=1S/C5H6F3NO5S2.Li/c6-5(7,8)16(13,14)2-3(4(9)10)1-15(11)12;/h2H,1H2,(H2,9,10)(H,11,12);/q;+1/p-1. The van der Waals surface area contributed by atoms with Crippen molar-refractivity contribution in [1.29, 1.82) is 0 Å². The molecule has 17 heavy (non-hydrogen) atoms. The molecule has 0 saturated carbocycles. The molecule has 0 aliphatic heterocycles. The SMILES string of the molecule is NC(=O)C(=CS(=O)(=O)C(F)(F)F)CS(=O)[O-].[Li+]. The van der Waals surface area contributed by atoms with Crippen molar-refractivity contribution in [3.63, 3.8) is 0 Å². The Balaban J connectivity index is 0. The topological polar surface area (TPSA) is 117 Å². The number of nitrogens with two attached hydrogens (primary N) is 1. The van der Waals surface area contributed by atoms with Crippen LogP contribution in [0.2, 0.25) is 0 Å². The Morgan fingerprint density at radius 3 is 2.06 bits per heavy atom. The molecular formula is C5H5F3LiNO5S2. The fraction of sp³-hybridized carbons (Fsp3) is 0.400. The van der Waals surface area contributed by atoms with E-state index in [-0.39, 0.29) is 18.9 Å². The Hall–Kier alpha value is -0.343. The van der Waals surface area contributed by atoms with Gasteiger partial charge in [0.05, 0.1) is 0 Å². The number of carbonyl (C=O) groups excluding carboxylic acids is 1. The molecule has 6 nitrogen and oxygen atoms in total. The van der Waals surface area contributed by atoms with E-state index in [0.29, 0.717) is 0 Å². The fourth-order valence-corrected chi connectivity index (χ4v) is 1.84. The van der Waals surface area contributed by atoms with Gasteiger partial charge in [-0.1, -0.05) is 11.1 Å². The molecule has 0 aliphatic carbocycles. The number of carbonyl (C=O) groups is 1. The van der Waals surface area contributed by atoms with Gasteiger partial charge in [-0.25, -0.2) is 8.42 Å². The largest absolute Gasteiger partial charge is 1.00 e. The van der Waals surface area contributed by atoms with Crippen LogP contribution in [0.5, 0.6) is 0 Å². The predicted octanol–water partition coefficient (Wildman–Crippen LogP) is -3.83. The van der Waals surface area contributed by atoms with Crippen LogP contribution in [0.4, 0.5) is 13.2 Å². The van der Waals surface area contributed by atoms with E-state index in [1.165, 1.54) is 0 Å². The van der Waals surface area contributed by atoms with Crippen LogP contribution in [0, 0.1) is 0 Å². The van der Waals surface area contributed by atoms with Gasteiger partial charge < -0.3 is 10.3 Å². The monoisotopic (exact) mass is 287 g/mol. The molecule has 0 saturated heterocycles. The van der Waals surface area contributed by atoms with E-state index in [1.807, 2.05) is 0 Å². The first-order chi connectivity index (χ1) is 6.97. The molecule has 1 unspecified atom stereocenters. The molecule has 0 aliphatic rings. The molecule has 0 spiro atoms. The normalized spacial score (nSPS) is 14.9. The number of hydrogen-bond donors (Lipinski definition) is 1. The Morgan fingerprint density at radius 1 is 1.41 bits per heavy atom. The summed E-state index contributed by atoms with van der Waals surface area (Å²) in [6.45, 7) is 0. The second-order valence-corrected chi connectivity index (χ2v) is 5.13. The van der Waals surface area contributed by atoms with Crippen molar-refractivity contribution in [3.05, 3.63) is 11.0 Å². The first-order valence-electron chi connectivity index (χ1n) is 3.35. The third-order valence-electron chi connectivity index (χ3n) is 1.21. The van der Waals surface area contributed by atoms with Crippen molar-refractivity contribution in [3.8, 4) is 0 Å². The van der Waals surface area contributed by atoms with Crippen molar-refractivity contribution < 1.29 is 54.0 Å². The van der Waals surface area contributed by atoms with Gasteiger partial charge >= 0.3 is 24.4 Å². The Labute approximate surface area is 109 Å². The third-order valence-corrected chi connectivity index (χ3v) is 3.00. The van der Waals surface area contributed by atoms with Gasteiger partial charge in [0.15, 0.2) is 0 Å². The maximum atomic E-state index is 11.9. The van der Waals surface area contributed by atoms with Crippen molar-refractivity contribution in [1.82, 2.24) is 0 Å². The van der Waals surface area contributed by atoms with Crippen molar-refractivity contribution in [2.45, 2.75) is 5.51 Å². The van der Waals surface area contributed by atoms with E-state index in [1.54, 1.807) is 0 Å². The number of amides is 1. The van der Waals surface area contributed by atoms with Crippen LogP contribution < -0.4 is 24.6 Å². The minimum atomic E-state index is -5.72. The second-order valence-electron chi connectivity index (χ2n) is 2.45. The summed E-state index contributed by atoms with van der Waals surface area (Å²) in [5.74, 6) is -2.76. The third kappa shape index (κ3) is 6.23. The number of alkyl halides is 3. The Bertz CT molecular complexity index is 443. The van der Waals surface area contributed by atoms with E-state index in [9.17, 15) is 35.1 Å². The second kappa shape index (κ2) is 6.55. The van der Waals surface area contributed by atoms with Crippen LogP contribution in [0.15, 0.2) is 11.0 Å². The van der Waals surface area contributed by atoms with E-state index < -0.39 is 49.1 Å². The molecule has 2 N–H and O–H groups in total. The van der Waals surface area contributed by atoms with Crippen LogP contribution in [0.3, 0.4) is 0 Å². The van der Waals surface area contributed by atoms with Gasteiger partial charge in [-0.15, -0.1) is 0 Å². The predicted molar refractivity (Wildman–Crippen MR) is 46.0 cm³/mol. The van der Waals surface area contributed by atoms with Crippen LogP contribution in [0.25, 0.3) is 0 Å². The summed E-state index contributed by atoms with van der Waals surface area (Å²) < 4.78 is 76.9. The summed E-state index contributed by atoms with van der Waals surface area (Å²) in [6, 6.07) is 0. The molecule has 0 bridgehead atoms. The zero-order valence-corrected chi connectivity index (χ0v) is 9.99. The quantitative estimate of drug-likeness (QED) is 0.323. The van der Waals surface area contributed by atoms with E-state index in [4.69, 9.17) is 0 Å². The van der Waals surface area contributed by atoms with Gasteiger partial charge in [0.25, 0.3) is 9.84 Å². The smallest absolute Gasteiger partial charge is 0.772 e. The molecule has 0 radical (unpaired) electrons. The number of primary amides is 1. The first kappa shape index (κ1) is 19.0. The average Bonchev–Trinajstić information content (AvgIpc) is 1.98. The zero-order valence-electron chi connectivity index (χ0n) is 8.35. The van der Waals surface area contributed by atoms with Gasteiger partial charge in [0.1, 0.15) is 0 Å². The molecule has 0 rings (SSSR count). The minimum absolute atomic E-state index is 0. The molecule has 0 aromatic rings. The van der Waals surface area contributed by atoms with Crippen molar-refractivity contribution >= 4 is 26.8 Å². The maximum absolute atomic E-state index is 11.9. The summed E-state index contributed by atoms with van der Waals surface area (Å²) in [5.41, 5.74) is -2.25. The van der Waals surface area contributed by atoms with Crippen LogP contribution in [0.1, 0.15) is 0 Å². The molecule has 0 aromatic carbocycles. The van der Waals surface area contributed by atoms with E-state index >= 15 is 0 Å². The number of rotatable bonds is 4. The van der Waals surface area contributed by atoms with Gasteiger partial charge in [-0.2, -0.15) is 13.2 Å². The van der Waals surface area contributed by atoms with Gasteiger partial charge in [0, 0.05) is 16.7 Å². The Kier molecular flexibility index (Phi) is 7.33. The first-order valence-corrected chi connectivity index (χ1v) is 6.14. The maximum Gasteiger partial charge on any atom is 1.00 e. The molecule has 12 heteroatoms. The molecule has 0 heterocycles. The van der Waals surface area contributed by atoms with Crippen molar-refractivity contribution in [2.75, 3.05) is 5.75 Å². The summed E-state index contributed by atoms with van der Waals surface area (Å²) in [6.07, 6.45) is 0. The van der Waals surface area contributed by atoms with Gasteiger partial charge in [-0.05, 0) is 0 Å². The van der Waals surface area contributed by atoms with Gasteiger partial charge in [0.2, 0.25) is 5.91 Å². The molecular weight excluding hydrogens is 282 g/mol.